The molecule has 1 aromatic carbocycles. The molecule has 2 aromatic rings. The first-order valence-corrected chi connectivity index (χ1v) is 6.92. The van der Waals surface area contributed by atoms with Crippen LogP contribution in [0.3, 0.4) is 0 Å². The molecule has 0 saturated heterocycles. The number of hydrazine groups is 1. The molecule has 3 N–H and O–H groups in total. The Morgan fingerprint density at radius 1 is 1.25 bits per heavy atom. The molecule has 106 valence electrons. The van der Waals surface area contributed by atoms with E-state index in [1.165, 1.54) is 5.56 Å². The molecule has 0 aliphatic carbocycles. The number of aryl methyl sites for hydroxylation is 1. The number of nitrogens with zero attached hydrogens (tertiary/aromatic N) is 1. The van der Waals surface area contributed by atoms with Gasteiger partial charge in [-0.25, -0.2) is 5.43 Å². The van der Waals surface area contributed by atoms with E-state index in [0.29, 0.717) is 6.61 Å². The molecule has 4 heteroatoms. The molecule has 4 nitrogen and oxygen atoms in total. The topological polar surface area (TPSA) is 60.2 Å². The van der Waals surface area contributed by atoms with Gasteiger partial charge in [-0.3, -0.25) is 10.8 Å². The minimum Gasteiger partial charge on any atom is -0.494 e. The van der Waals surface area contributed by atoms with Gasteiger partial charge in [-0.1, -0.05) is 25.1 Å². The van der Waals surface area contributed by atoms with Gasteiger partial charge >= 0.3 is 0 Å². The van der Waals surface area contributed by atoms with E-state index in [-0.39, 0.29) is 6.04 Å². The van der Waals surface area contributed by atoms with Crippen LogP contribution >= 0.6 is 0 Å². The molecule has 0 aliphatic rings. The Kier molecular flexibility index (Phi) is 5.09. The fourth-order valence-electron chi connectivity index (χ4n) is 2.29. The first-order chi connectivity index (χ1) is 9.80. The van der Waals surface area contributed by atoms with Crippen molar-refractivity contribution in [3.05, 3.63) is 59.4 Å². The first kappa shape index (κ1) is 14.5. The van der Waals surface area contributed by atoms with E-state index < -0.39 is 0 Å². The van der Waals surface area contributed by atoms with Gasteiger partial charge in [0.2, 0.25) is 0 Å². The summed E-state index contributed by atoms with van der Waals surface area (Å²) in [5, 5.41) is 0. The summed E-state index contributed by atoms with van der Waals surface area (Å²) >= 11 is 0. The number of hydrogen-bond donors (Lipinski definition) is 2. The van der Waals surface area contributed by atoms with Gasteiger partial charge in [0.25, 0.3) is 0 Å². The summed E-state index contributed by atoms with van der Waals surface area (Å²) in [6.45, 7) is 4.73. The molecule has 0 amide bonds. The Bertz CT molecular complexity index is 557. The first-order valence-electron chi connectivity index (χ1n) is 6.92. The molecule has 1 aromatic heterocycles. The lowest BCUT2D eigenvalue weighted by Gasteiger charge is -2.19. The van der Waals surface area contributed by atoms with E-state index in [9.17, 15) is 0 Å². The van der Waals surface area contributed by atoms with E-state index in [4.69, 9.17) is 10.6 Å². The van der Waals surface area contributed by atoms with Gasteiger partial charge in [0.05, 0.1) is 18.3 Å². The highest BCUT2D eigenvalue weighted by Gasteiger charge is 2.17. The molecule has 0 fully saturated rings. The average Bonchev–Trinajstić information content (AvgIpc) is 2.49. The summed E-state index contributed by atoms with van der Waals surface area (Å²) in [5.74, 6) is 6.60. The minimum atomic E-state index is -0.133. The van der Waals surface area contributed by atoms with Gasteiger partial charge < -0.3 is 4.74 Å². The van der Waals surface area contributed by atoms with Crippen LogP contribution in [0.5, 0.6) is 5.75 Å². The van der Waals surface area contributed by atoms with E-state index in [1.54, 1.807) is 6.20 Å². The Morgan fingerprint density at radius 2 is 2.10 bits per heavy atom. The van der Waals surface area contributed by atoms with Crippen molar-refractivity contribution in [2.75, 3.05) is 6.61 Å². The fourth-order valence-corrected chi connectivity index (χ4v) is 2.29. The minimum absolute atomic E-state index is 0.133. The Morgan fingerprint density at radius 3 is 2.80 bits per heavy atom. The third-order valence-electron chi connectivity index (χ3n) is 3.25. The second-order valence-electron chi connectivity index (χ2n) is 4.51. The lowest BCUT2D eigenvalue weighted by atomic mass is 9.98. The number of ether oxygens (including phenoxy) is 1. The van der Waals surface area contributed by atoms with Crippen LogP contribution in [-0.4, -0.2) is 11.6 Å². The highest BCUT2D eigenvalue weighted by Crippen LogP contribution is 2.25. The maximum Gasteiger partial charge on any atom is 0.119 e. The van der Waals surface area contributed by atoms with Crippen LogP contribution in [0.25, 0.3) is 0 Å². The Hall–Kier alpha value is -1.91. The summed E-state index contributed by atoms with van der Waals surface area (Å²) in [5.41, 5.74) is 6.06. The average molecular weight is 271 g/mol. The fraction of sp³-hybridized carbons (Fsp3) is 0.312. The molecule has 1 unspecified atom stereocenters. The highest BCUT2D eigenvalue weighted by molar-refractivity contribution is 5.37. The molecule has 20 heavy (non-hydrogen) atoms. The van der Waals surface area contributed by atoms with Crippen LogP contribution in [-0.2, 0) is 6.42 Å². The summed E-state index contributed by atoms with van der Waals surface area (Å²) in [4.78, 5) is 4.49. The lowest BCUT2D eigenvalue weighted by Crippen LogP contribution is -2.30. The number of nitrogens with two attached hydrogens (primary N) is 1. The zero-order chi connectivity index (χ0) is 14.4. The molecule has 1 atom stereocenters. The number of pyridine rings is 1. The van der Waals surface area contributed by atoms with Crippen molar-refractivity contribution in [2.45, 2.75) is 26.3 Å². The van der Waals surface area contributed by atoms with Crippen molar-refractivity contribution in [1.29, 1.82) is 0 Å². The summed E-state index contributed by atoms with van der Waals surface area (Å²) in [7, 11) is 0. The van der Waals surface area contributed by atoms with Gasteiger partial charge in [-0.2, -0.15) is 0 Å². The van der Waals surface area contributed by atoms with Crippen LogP contribution in [0.2, 0.25) is 0 Å². The third-order valence-corrected chi connectivity index (χ3v) is 3.25. The van der Waals surface area contributed by atoms with E-state index in [1.807, 2.05) is 37.3 Å². The Balaban J connectivity index is 2.39. The molecule has 0 bridgehead atoms. The maximum absolute atomic E-state index is 5.75. The van der Waals surface area contributed by atoms with Gasteiger partial charge in [0.15, 0.2) is 0 Å². The maximum atomic E-state index is 5.75. The molecule has 0 aliphatic heterocycles. The van der Waals surface area contributed by atoms with Crippen molar-refractivity contribution in [1.82, 2.24) is 10.4 Å². The summed E-state index contributed by atoms with van der Waals surface area (Å²) in [6.07, 6.45) is 2.72. The van der Waals surface area contributed by atoms with Crippen molar-refractivity contribution in [3.63, 3.8) is 0 Å². The predicted molar refractivity (Wildman–Crippen MR) is 80.4 cm³/mol. The number of benzene rings is 1. The Labute approximate surface area is 120 Å². The van der Waals surface area contributed by atoms with Crippen LogP contribution in [0.1, 0.15) is 36.7 Å². The van der Waals surface area contributed by atoms with Gasteiger partial charge in [-0.05, 0) is 42.7 Å². The van der Waals surface area contributed by atoms with Gasteiger partial charge in [0.1, 0.15) is 5.75 Å². The summed E-state index contributed by atoms with van der Waals surface area (Å²) < 4.78 is 5.54. The molecular weight excluding hydrogens is 250 g/mol. The smallest absolute Gasteiger partial charge is 0.119 e. The monoisotopic (exact) mass is 271 g/mol. The molecule has 2 rings (SSSR count). The van der Waals surface area contributed by atoms with Crippen molar-refractivity contribution in [3.8, 4) is 5.75 Å². The predicted octanol–water partition coefficient (Wildman–Crippen LogP) is 2.60. The molecule has 0 saturated carbocycles. The van der Waals surface area contributed by atoms with E-state index >= 15 is 0 Å². The summed E-state index contributed by atoms with van der Waals surface area (Å²) in [6, 6.07) is 11.8. The third kappa shape index (κ3) is 3.15. The zero-order valence-corrected chi connectivity index (χ0v) is 12.0. The molecule has 0 spiro atoms. The SMILES string of the molecule is CCOc1cccc(C(NN)c2ncccc2CC)c1. The highest BCUT2D eigenvalue weighted by atomic mass is 16.5. The van der Waals surface area contributed by atoms with E-state index in [0.717, 1.165) is 23.4 Å². The van der Waals surface area contributed by atoms with Crippen LogP contribution in [0, 0.1) is 0 Å². The van der Waals surface area contributed by atoms with Crippen molar-refractivity contribution < 1.29 is 4.74 Å². The molecule has 0 radical (unpaired) electrons. The van der Waals surface area contributed by atoms with Crippen molar-refractivity contribution in [2.24, 2.45) is 5.84 Å². The largest absolute Gasteiger partial charge is 0.494 e. The van der Waals surface area contributed by atoms with Gasteiger partial charge in [-0.15, -0.1) is 0 Å². The lowest BCUT2D eigenvalue weighted by molar-refractivity contribution is 0.339. The van der Waals surface area contributed by atoms with Crippen LogP contribution in [0.4, 0.5) is 0 Å². The quantitative estimate of drug-likeness (QED) is 0.626. The number of hydrogen-bond acceptors (Lipinski definition) is 4. The van der Waals surface area contributed by atoms with Crippen LogP contribution in [0.15, 0.2) is 42.6 Å². The van der Waals surface area contributed by atoms with E-state index in [2.05, 4.69) is 23.4 Å². The number of rotatable bonds is 6. The molecule has 1 heterocycles. The normalized spacial score (nSPS) is 12.2. The molecular formula is C16H21N3O. The zero-order valence-electron chi connectivity index (χ0n) is 12.0. The van der Waals surface area contributed by atoms with Crippen molar-refractivity contribution >= 4 is 0 Å². The second kappa shape index (κ2) is 7.03. The van der Waals surface area contributed by atoms with Gasteiger partial charge in [0, 0.05) is 6.20 Å². The number of nitrogens with one attached hydrogen (secondary N) is 1. The second-order valence-corrected chi connectivity index (χ2v) is 4.51. The standard InChI is InChI=1S/C16H21N3O/c1-3-12-8-6-10-18-15(12)16(19-17)13-7-5-9-14(11-13)20-4-2/h5-11,16,19H,3-4,17H2,1-2H3. The van der Waals surface area contributed by atoms with Crippen LogP contribution < -0.4 is 16.0 Å². The number of aromatic nitrogens is 1.